The summed E-state index contributed by atoms with van der Waals surface area (Å²) < 4.78 is 42.2. The van der Waals surface area contributed by atoms with Gasteiger partial charge in [0.15, 0.2) is 6.10 Å². The lowest BCUT2D eigenvalue weighted by Gasteiger charge is -2.26. The van der Waals surface area contributed by atoms with Gasteiger partial charge in [0.1, 0.15) is 0 Å². The topological polar surface area (TPSA) is 32.7 Å². The number of alkyl halides is 3. The molecule has 0 aromatic heterocycles. The van der Waals surface area contributed by atoms with Crippen molar-refractivity contribution in [3.8, 4) is 0 Å². The first kappa shape index (κ1) is 14.3. The summed E-state index contributed by atoms with van der Waals surface area (Å²) in [5, 5.41) is 9.12. The third kappa shape index (κ3) is 3.92. The molecule has 2 rings (SSSR count). The number of rotatable bonds is 3. The van der Waals surface area contributed by atoms with Crippen molar-refractivity contribution in [1.29, 1.82) is 0 Å². The van der Waals surface area contributed by atoms with Crippen molar-refractivity contribution in [3.63, 3.8) is 0 Å². The maximum absolute atomic E-state index is 12.3. The van der Waals surface area contributed by atoms with Crippen LogP contribution in [-0.2, 0) is 11.3 Å². The van der Waals surface area contributed by atoms with Gasteiger partial charge in [0, 0.05) is 19.6 Å². The van der Waals surface area contributed by atoms with Crippen LogP contribution in [0.2, 0.25) is 0 Å². The lowest BCUT2D eigenvalue weighted by Crippen LogP contribution is -2.35. The number of halogens is 3. The zero-order valence-corrected chi connectivity index (χ0v) is 10.4. The highest BCUT2D eigenvalue weighted by atomic mass is 19.4. The molecule has 1 aliphatic heterocycles. The van der Waals surface area contributed by atoms with Gasteiger partial charge in [-0.25, -0.2) is 0 Å². The quantitative estimate of drug-likeness (QED) is 0.917. The van der Waals surface area contributed by atoms with Crippen molar-refractivity contribution in [1.82, 2.24) is 4.90 Å². The highest BCUT2D eigenvalue weighted by molar-refractivity contribution is 5.25. The second-order valence-electron chi connectivity index (χ2n) is 4.57. The number of hydrogen-bond donors (Lipinski definition) is 1. The summed E-state index contributed by atoms with van der Waals surface area (Å²) in [5.41, 5.74) is 0.804. The van der Waals surface area contributed by atoms with E-state index in [1.807, 2.05) is 0 Å². The summed E-state index contributed by atoms with van der Waals surface area (Å²) in [6, 6.07) is 5.90. The molecule has 0 aliphatic carbocycles. The van der Waals surface area contributed by atoms with E-state index in [0.717, 1.165) is 18.7 Å². The van der Waals surface area contributed by atoms with Crippen LogP contribution in [-0.4, -0.2) is 42.5 Å². The van der Waals surface area contributed by atoms with E-state index >= 15 is 0 Å². The van der Waals surface area contributed by atoms with Gasteiger partial charge in [-0.3, -0.25) is 4.90 Å². The smallest absolute Gasteiger partial charge is 0.379 e. The van der Waals surface area contributed by atoms with E-state index in [2.05, 4.69) is 4.90 Å². The summed E-state index contributed by atoms with van der Waals surface area (Å²) in [7, 11) is 0. The van der Waals surface area contributed by atoms with E-state index < -0.39 is 12.3 Å². The standard InChI is InChI=1S/C13H16F3NO2/c14-13(15,16)12(18)11-3-1-10(2-4-11)9-17-5-7-19-8-6-17/h1-4,12,18H,5-9H2/t12-/m1/s1. The summed E-state index contributed by atoms with van der Waals surface area (Å²) in [4.78, 5) is 2.18. The minimum Gasteiger partial charge on any atom is -0.379 e. The molecule has 0 amide bonds. The van der Waals surface area contributed by atoms with Crippen molar-refractivity contribution >= 4 is 0 Å². The Kier molecular flexibility index (Phi) is 4.44. The van der Waals surface area contributed by atoms with Crippen LogP contribution in [0, 0.1) is 0 Å². The van der Waals surface area contributed by atoms with Crippen LogP contribution in [0.25, 0.3) is 0 Å². The van der Waals surface area contributed by atoms with Gasteiger partial charge in [-0.1, -0.05) is 24.3 Å². The predicted molar refractivity (Wildman–Crippen MR) is 63.6 cm³/mol. The van der Waals surface area contributed by atoms with Gasteiger partial charge in [0.25, 0.3) is 0 Å². The van der Waals surface area contributed by atoms with Crippen LogP contribution in [0.1, 0.15) is 17.2 Å². The number of nitrogens with zero attached hydrogens (tertiary/aromatic N) is 1. The monoisotopic (exact) mass is 275 g/mol. The first-order valence-electron chi connectivity index (χ1n) is 6.10. The van der Waals surface area contributed by atoms with Crippen LogP contribution in [0.5, 0.6) is 0 Å². The number of morpholine rings is 1. The van der Waals surface area contributed by atoms with Crippen molar-refractivity contribution in [2.75, 3.05) is 26.3 Å². The van der Waals surface area contributed by atoms with E-state index in [1.54, 1.807) is 12.1 Å². The summed E-state index contributed by atoms with van der Waals surface area (Å²) in [6.07, 6.45) is -7.03. The minimum atomic E-state index is -4.62. The zero-order chi connectivity index (χ0) is 13.9. The maximum atomic E-state index is 12.3. The molecule has 1 fully saturated rings. The van der Waals surface area contributed by atoms with Gasteiger partial charge < -0.3 is 9.84 Å². The number of hydrogen-bond acceptors (Lipinski definition) is 3. The summed E-state index contributed by atoms with van der Waals surface area (Å²) in [5.74, 6) is 0. The van der Waals surface area contributed by atoms with Gasteiger partial charge in [-0.2, -0.15) is 13.2 Å². The van der Waals surface area contributed by atoms with Crippen LogP contribution in [0.4, 0.5) is 13.2 Å². The molecule has 1 aromatic rings. The normalized spacial score (nSPS) is 19.4. The molecule has 0 radical (unpaired) electrons. The molecule has 0 saturated carbocycles. The molecule has 106 valence electrons. The number of aliphatic hydroxyl groups is 1. The van der Waals surface area contributed by atoms with Crippen LogP contribution < -0.4 is 0 Å². The average Bonchev–Trinajstić information content (AvgIpc) is 2.39. The molecule has 0 bridgehead atoms. The third-order valence-corrected chi connectivity index (χ3v) is 3.12. The van der Waals surface area contributed by atoms with E-state index in [9.17, 15) is 13.2 Å². The molecule has 19 heavy (non-hydrogen) atoms. The van der Waals surface area contributed by atoms with E-state index in [4.69, 9.17) is 9.84 Å². The van der Waals surface area contributed by atoms with E-state index in [-0.39, 0.29) is 5.56 Å². The minimum absolute atomic E-state index is 0.127. The molecular formula is C13H16F3NO2. The van der Waals surface area contributed by atoms with E-state index in [0.29, 0.717) is 19.8 Å². The van der Waals surface area contributed by atoms with Gasteiger partial charge >= 0.3 is 6.18 Å². The van der Waals surface area contributed by atoms with Crippen molar-refractivity contribution in [2.45, 2.75) is 18.8 Å². The van der Waals surface area contributed by atoms with Gasteiger partial charge in [-0.15, -0.1) is 0 Å². The largest absolute Gasteiger partial charge is 0.418 e. The first-order valence-corrected chi connectivity index (χ1v) is 6.10. The fraction of sp³-hybridized carbons (Fsp3) is 0.538. The Hall–Kier alpha value is -1.11. The number of aliphatic hydroxyl groups excluding tert-OH is 1. The highest BCUT2D eigenvalue weighted by Crippen LogP contribution is 2.32. The molecule has 0 unspecified atom stereocenters. The van der Waals surface area contributed by atoms with Crippen molar-refractivity contribution in [2.24, 2.45) is 0 Å². The molecular weight excluding hydrogens is 259 g/mol. The fourth-order valence-corrected chi connectivity index (χ4v) is 2.01. The second kappa shape index (κ2) is 5.90. The van der Waals surface area contributed by atoms with Gasteiger partial charge in [0.05, 0.1) is 13.2 Å². The molecule has 0 spiro atoms. The van der Waals surface area contributed by atoms with Crippen molar-refractivity contribution < 1.29 is 23.0 Å². The Labute approximate surface area is 109 Å². The molecule has 1 saturated heterocycles. The predicted octanol–water partition coefficient (Wildman–Crippen LogP) is 2.11. The molecule has 1 atom stereocenters. The first-order chi connectivity index (χ1) is 8.97. The molecule has 3 nitrogen and oxygen atoms in total. The summed E-state index contributed by atoms with van der Waals surface area (Å²) >= 11 is 0. The SMILES string of the molecule is O[C@H](c1ccc(CN2CCOCC2)cc1)C(F)(F)F. The van der Waals surface area contributed by atoms with Gasteiger partial charge in [-0.05, 0) is 11.1 Å². The lowest BCUT2D eigenvalue weighted by atomic mass is 10.1. The average molecular weight is 275 g/mol. The zero-order valence-electron chi connectivity index (χ0n) is 10.4. The van der Waals surface area contributed by atoms with Crippen LogP contribution in [0.3, 0.4) is 0 Å². The Bertz CT molecular complexity index is 399. The molecule has 6 heteroatoms. The molecule has 1 aromatic carbocycles. The molecule has 1 heterocycles. The Morgan fingerprint density at radius 1 is 1.16 bits per heavy atom. The second-order valence-corrected chi connectivity index (χ2v) is 4.57. The maximum Gasteiger partial charge on any atom is 0.418 e. The van der Waals surface area contributed by atoms with E-state index in [1.165, 1.54) is 12.1 Å². The Morgan fingerprint density at radius 2 is 1.74 bits per heavy atom. The molecule has 1 N–H and O–H groups in total. The van der Waals surface area contributed by atoms with Gasteiger partial charge in [0.2, 0.25) is 0 Å². The van der Waals surface area contributed by atoms with Crippen LogP contribution in [0.15, 0.2) is 24.3 Å². The number of benzene rings is 1. The fourth-order valence-electron chi connectivity index (χ4n) is 2.01. The van der Waals surface area contributed by atoms with Crippen molar-refractivity contribution in [3.05, 3.63) is 35.4 Å². The summed E-state index contributed by atoms with van der Waals surface area (Å²) in [6.45, 7) is 3.71. The third-order valence-electron chi connectivity index (χ3n) is 3.12. The van der Waals surface area contributed by atoms with Crippen LogP contribution >= 0.6 is 0 Å². The Morgan fingerprint density at radius 3 is 2.26 bits per heavy atom. The Balaban J connectivity index is 1.98. The molecule has 1 aliphatic rings. The highest BCUT2D eigenvalue weighted by Gasteiger charge is 2.39. The number of ether oxygens (including phenoxy) is 1. The lowest BCUT2D eigenvalue weighted by molar-refractivity contribution is -0.206.